The van der Waals surface area contributed by atoms with Gasteiger partial charge in [-0.3, -0.25) is 9.59 Å². The average molecular weight is 370 g/mol. The van der Waals surface area contributed by atoms with Gasteiger partial charge in [-0.1, -0.05) is 23.4 Å². The number of carbonyl (C=O) groups is 1. The Balaban J connectivity index is 1.58. The van der Waals surface area contributed by atoms with Crippen molar-refractivity contribution in [3.8, 4) is 0 Å². The number of fused-ring (bicyclic) bond motifs is 1. The topological polar surface area (TPSA) is 68.1 Å². The van der Waals surface area contributed by atoms with Crippen LogP contribution in [0.2, 0.25) is 0 Å². The molecule has 4 rings (SSSR count). The van der Waals surface area contributed by atoms with Crippen molar-refractivity contribution in [3.05, 3.63) is 70.0 Å². The summed E-state index contributed by atoms with van der Waals surface area (Å²) < 4.78 is 28.1. The first-order valence-corrected chi connectivity index (χ1v) is 8.59. The maximum absolute atomic E-state index is 14.0. The van der Waals surface area contributed by atoms with E-state index in [-0.39, 0.29) is 30.6 Å². The van der Waals surface area contributed by atoms with Crippen LogP contribution in [0.4, 0.5) is 8.78 Å². The zero-order valence-corrected chi connectivity index (χ0v) is 14.3. The third kappa shape index (κ3) is 3.55. The Morgan fingerprint density at radius 1 is 1.19 bits per heavy atom. The Hall–Kier alpha value is -3.16. The Morgan fingerprint density at radius 2 is 1.96 bits per heavy atom. The zero-order chi connectivity index (χ0) is 19.0. The van der Waals surface area contributed by atoms with Gasteiger partial charge in [-0.2, -0.15) is 0 Å². The van der Waals surface area contributed by atoms with Crippen LogP contribution in [0.5, 0.6) is 0 Å². The van der Waals surface area contributed by atoms with Crippen LogP contribution >= 0.6 is 0 Å². The Bertz CT molecular complexity index is 1080. The number of halogens is 2. The van der Waals surface area contributed by atoms with Gasteiger partial charge in [0, 0.05) is 24.2 Å². The van der Waals surface area contributed by atoms with Gasteiger partial charge >= 0.3 is 0 Å². The quantitative estimate of drug-likeness (QED) is 0.691. The average Bonchev–Trinajstić information content (AvgIpc) is 3.48. The summed E-state index contributed by atoms with van der Waals surface area (Å²) in [5.41, 5.74) is 0.282. The largest absolute Gasteiger partial charge is 0.334 e. The van der Waals surface area contributed by atoms with Gasteiger partial charge < -0.3 is 4.90 Å². The molecule has 0 unspecified atom stereocenters. The highest BCUT2D eigenvalue weighted by atomic mass is 19.1. The molecule has 0 atom stereocenters. The van der Waals surface area contributed by atoms with Crippen LogP contribution in [0.3, 0.4) is 0 Å². The normalized spacial score (nSPS) is 13.7. The minimum absolute atomic E-state index is 0.00827. The summed E-state index contributed by atoms with van der Waals surface area (Å²) >= 11 is 0. The number of hydrogen-bond acceptors (Lipinski definition) is 4. The molecular weight excluding hydrogens is 354 g/mol. The van der Waals surface area contributed by atoms with Gasteiger partial charge in [0.15, 0.2) is 0 Å². The van der Waals surface area contributed by atoms with Gasteiger partial charge in [-0.15, -0.1) is 5.10 Å². The predicted octanol–water partition coefficient (Wildman–Crippen LogP) is 2.26. The standard InChI is InChI=1S/C19H16F2N4O2/c20-13-6-5-12(16(21)9-13)10-24(14-7-8-14)18(26)11-25-19(27)15-3-1-2-4-17(15)22-23-25/h1-6,9,14H,7-8,10-11H2. The van der Waals surface area contributed by atoms with Crippen LogP contribution in [0.15, 0.2) is 47.3 Å². The zero-order valence-electron chi connectivity index (χ0n) is 14.3. The fraction of sp³-hybridized carbons (Fsp3) is 0.263. The first-order valence-electron chi connectivity index (χ1n) is 8.59. The van der Waals surface area contributed by atoms with Crippen molar-refractivity contribution >= 4 is 16.8 Å². The molecule has 138 valence electrons. The van der Waals surface area contributed by atoms with E-state index in [1.807, 2.05) is 0 Å². The highest BCUT2D eigenvalue weighted by Gasteiger charge is 2.33. The van der Waals surface area contributed by atoms with E-state index in [0.717, 1.165) is 29.7 Å². The second-order valence-corrected chi connectivity index (χ2v) is 6.56. The molecular formula is C19H16F2N4O2. The third-order valence-corrected chi connectivity index (χ3v) is 4.58. The molecule has 8 heteroatoms. The van der Waals surface area contributed by atoms with E-state index < -0.39 is 17.2 Å². The molecule has 1 aromatic heterocycles. The van der Waals surface area contributed by atoms with Gasteiger partial charge in [-0.25, -0.2) is 13.5 Å². The fourth-order valence-electron chi connectivity index (χ4n) is 2.99. The molecule has 0 N–H and O–H groups in total. The molecule has 3 aromatic rings. The summed E-state index contributed by atoms with van der Waals surface area (Å²) in [5, 5.41) is 8.17. The van der Waals surface area contributed by atoms with Crippen LogP contribution in [-0.2, 0) is 17.9 Å². The van der Waals surface area contributed by atoms with E-state index in [9.17, 15) is 18.4 Å². The molecule has 0 radical (unpaired) electrons. The van der Waals surface area contributed by atoms with Gasteiger partial charge in [0.1, 0.15) is 23.7 Å². The molecule has 1 fully saturated rings. The smallest absolute Gasteiger partial charge is 0.278 e. The summed E-state index contributed by atoms with van der Waals surface area (Å²) in [4.78, 5) is 26.8. The van der Waals surface area contributed by atoms with E-state index in [4.69, 9.17) is 0 Å². The van der Waals surface area contributed by atoms with E-state index in [1.165, 1.54) is 11.0 Å². The number of rotatable bonds is 5. The molecule has 0 aliphatic heterocycles. The van der Waals surface area contributed by atoms with Gasteiger partial charge in [0.05, 0.1) is 5.39 Å². The molecule has 2 aromatic carbocycles. The maximum atomic E-state index is 14.0. The Kier molecular flexibility index (Phi) is 4.39. The molecule has 0 saturated heterocycles. The fourth-order valence-corrected chi connectivity index (χ4v) is 2.99. The van der Waals surface area contributed by atoms with E-state index >= 15 is 0 Å². The summed E-state index contributed by atoms with van der Waals surface area (Å²) in [6.07, 6.45) is 1.62. The first kappa shape index (κ1) is 17.3. The Morgan fingerprint density at radius 3 is 2.70 bits per heavy atom. The van der Waals surface area contributed by atoms with Crippen molar-refractivity contribution in [1.82, 2.24) is 19.9 Å². The van der Waals surface area contributed by atoms with E-state index in [1.54, 1.807) is 24.3 Å². The van der Waals surface area contributed by atoms with Crippen LogP contribution in [0.1, 0.15) is 18.4 Å². The van der Waals surface area contributed by atoms with Crippen molar-refractivity contribution in [3.63, 3.8) is 0 Å². The Labute approximate surface area is 153 Å². The molecule has 1 heterocycles. The summed E-state index contributed by atoms with van der Waals surface area (Å²) in [5.74, 6) is -1.72. The lowest BCUT2D eigenvalue weighted by Gasteiger charge is -2.23. The lowest BCUT2D eigenvalue weighted by Crippen LogP contribution is -2.38. The number of benzene rings is 2. The van der Waals surface area contributed by atoms with Crippen molar-refractivity contribution in [2.45, 2.75) is 32.0 Å². The predicted molar refractivity (Wildman–Crippen MR) is 93.7 cm³/mol. The lowest BCUT2D eigenvalue weighted by molar-refractivity contribution is -0.133. The van der Waals surface area contributed by atoms with Crippen LogP contribution in [0, 0.1) is 11.6 Å². The van der Waals surface area contributed by atoms with Gasteiger partial charge in [0.2, 0.25) is 5.91 Å². The number of carbonyl (C=O) groups excluding carboxylic acids is 1. The van der Waals surface area contributed by atoms with Crippen molar-refractivity contribution < 1.29 is 13.6 Å². The molecule has 1 amide bonds. The molecule has 0 spiro atoms. The van der Waals surface area contributed by atoms with Crippen LogP contribution in [0.25, 0.3) is 10.9 Å². The molecule has 0 bridgehead atoms. The highest BCUT2D eigenvalue weighted by Crippen LogP contribution is 2.29. The summed E-state index contributed by atoms with van der Waals surface area (Å²) in [6.45, 7) is -0.263. The second-order valence-electron chi connectivity index (χ2n) is 6.56. The van der Waals surface area contributed by atoms with E-state index in [2.05, 4.69) is 10.3 Å². The van der Waals surface area contributed by atoms with Crippen molar-refractivity contribution in [1.29, 1.82) is 0 Å². The monoisotopic (exact) mass is 370 g/mol. The molecule has 27 heavy (non-hydrogen) atoms. The van der Waals surface area contributed by atoms with Gasteiger partial charge in [-0.05, 0) is 31.0 Å². The molecule has 1 saturated carbocycles. The molecule has 6 nitrogen and oxygen atoms in total. The number of amides is 1. The third-order valence-electron chi connectivity index (χ3n) is 4.58. The number of hydrogen-bond donors (Lipinski definition) is 0. The second kappa shape index (κ2) is 6.86. The van der Waals surface area contributed by atoms with Crippen LogP contribution < -0.4 is 5.56 Å². The van der Waals surface area contributed by atoms with Crippen molar-refractivity contribution in [2.75, 3.05) is 0 Å². The highest BCUT2D eigenvalue weighted by molar-refractivity contribution is 5.78. The summed E-state index contributed by atoms with van der Waals surface area (Å²) in [7, 11) is 0. The van der Waals surface area contributed by atoms with Crippen molar-refractivity contribution in [2.24, 2.45) is 0 Å². The lowest BCUT2D eigenvalue weighted by atomic mass is 10.2. The molecule has 1 aliphatic carbocycles. The number of aromatic nitrogens is 3. The minimum atomic E-state index is -0.698. The number of nitrogens with zero attached hydrogens (tertiary/aromatic N) is 4. The van der Waals surface area contributed by atoms with Crippen LogP contribution in [-0.4, -0.2) is 31.8 Å². The minimum Gasteiger partial charge on any atom is -0.334 e. The van der Waals surface area contributed by atoms with Gasteiger partial charge in [0.25, 0.3) is 5.56 Å². The summed E-state index contributed by atoms with van der Waals surface area (Å²) in [6, 6.07) is 10.0. The maximum Gasteiger partial charge on any atom is 0.278 e. The first-order chi connectivity index (χ1) is 13.0. The van der Waals surface area contributed by atoms with E-state index in [0.29, 0.717) is 10.9 Å². The molecule has 1 aliphatic rings. The SMILES string of the molecule is O=C(Cn1nnc2ccccc2c1=O)N(Cc1ccc(F)cc1F)C1CC1.